The van der Waals surface area contributed by atoms with Crippen molar-refractivity contribution in [3.05, 3.63) is 34.9 Å². The molecule has 0 heteroatoms. The normalized spacial score (nSPS) is 25.0. The van der Waals surface area contributed by atoms with E-state index in [9.17, 15) is 0 Å². The van der Waals surface area contributed by atoms with Crippen LogP contribution in [0.1, 0.15) is 34.1 Å². The zero-order valence-corrected chi connectivity index (χ0v) is 8.52. The van der Waals surface area contributed by atoms with Gasteiger partial charge in [-0.2, -0.15) is 0 Å². The summed E-state index contributed by atoms with van der Waals surface area (Å²) in [4.78, 5) is 0. The van der Waals surface area contributed by atoms with Crippen LogP contribution < -0.4 is 0 Å². The van der Waals surface area contributed by atoms with Crippen molar-refractivity contribution < 1.29 is 0 Å². The molecule has 66 valence electrons. The Hall–Kier alpha value is -0.780. The molecular weight excluding hydrogens is 144 g/mol. The van der Waals surface area contributed by atoms with E-state index in [1.165, 1.54) is 23.1 Å². The van der Waals surface area contributed by atoms with E-state index in [2.05, 4.69) is 45.9 Å². The molecule has 0 saturated carbocycles. The lowest BCUT2D eigenvalue weighted by Crippen LogP contribution is -2.06. The Balaban J connectivity index is 2.66. The van der Waals surface area contributed by atoms with Gasteiger partial charge in [-0.15, -0.1) is 0 Å². The van der Waals surface area contributed by atoms with E-state index in [1.807, 2.05) is 0 Å². The fourth-order valence-electron chi connectivity index (χ4n) is 1.47. The summed E-state index contributed by atoms with van der Waals surface area (Å²) in [7, 11) is 0. The number of hydrogen-bond acceptors (Lipinski definition) is 0. The number of hydrogen-bond donors (Lipinski definition) is 0. The van der Waals surface area contributed by atoms with E-state index in [1.54, 1.807) is 0 Å². The lowest BCUT2D eigenvalue weighted by atomic mass is 9.83. The van der Waals surface area contributed by atoms with E-state index in [-0.39, 0.29) is 0 Å². The molecule has 0 N–H and O–H groups in total. The van der Waals surface area contributed by atoms with Crippen LogP contribution in [0.25, 0.3) is 0 Å². The van der Waals surface area contributed by atoms with E-state index < -0.39 is 0 Å². The van der Waals surface area contributed by atoms with E-state index in [0.29, 0.717) is 0 Å². The topological polar surface area (TPSA) is 0 Å². The summed E-state index contributed by atoms with van der Waals surface area (Å²) < 4.78 is 0. The second kappa shape index (κ2) is 3.75. The Kier molecular flexibility index (Phi) is 2.91. The van der Waals surface area contributed by atoms with Gasteiger partial charge >= 0.3 is 0 Å². The largest absolute Gasteiger partial charge is 0.0847 e. The summed E-state index contributed by atoms with van der Waals surface area (Å²) in [5, 5.41) is 0. The molecule has 1 aliphatic carbocycles. The molecule has 1 rings (SSSR count). The van der Waals surface area contributed by atoms with Crippen molar-refractivity contribution >= 4 is 0 Å². The fourth-order valence-corrected chi connectivity index (χ4v) is 1.47. The zero-order chi connectivity index (χ0) is 9.14. The molecule has 0 aromatic carbocycles. The van der Waals surface area contributed by atoms with Gasteiger partial charge in [-0.3, -0.25) is 0 Å². The first-order valence-electron chi connectivity index (χ1n) is 4.65. The van der Waals surface area contributed by atoms with Crippen LogP contribution in [0.5, 0.6) is 0 Å². The minimum atomic E-state index is 0.800. The van der Waals surface area contributed by atoms with Crippen molar-refractivity contribution in [2.24, 2.45) is 5.92 Å². The number of allylic oxidation sites excluding steroid dienone is 6. The minimum Gasteiger partial charge on any atom is -0.0847 e. The van der Waals surface area contributed by atoms with Gasteiger partial charge in [0.1, 0.15) is 0 Å². The van der Waals surface area contributed by atoms with Gasteiger partial charge in [0.05, 0.1) is 0 Å². The van der Waals surface area contributed by atoms with Crippen molar-refractivity contribution in [2.75, 3.05) is 0 Å². The summed E-state index contributed by atoms with van der Waals surface area (Å²) in [5.41, 5.74) is 4.32. The molecule has 1 atom stereocenters. The standard InChI is InChI=1S/C12H18/c1-5-9(2)6-11(4)12-7-10(3)8-12/h5-7,10H,8H2,1-4H3/b9-5-,11-6+. The Labute approximate surface area is 75.7 Å². The van der Waals surface area contributed by atoms with Crippen LogP contribution >= 0.6 is 0 Å². The van der Waals surface area contributed by atoms with Gasteiger partial charge in [0.2, 0.25) is 0 Å². The molecule has 0 nitrogen and oxygen atoms in total. The van der Waals surface area contributed by atoms with Crippen LogP contribution in [0, 0.1) is 5.92 Å². The summed E-state index contributed by atoms with van der Waals surface area (Å²) in [6.45, 7) is 8.69. The van der Waals surface area contributed by atoms with Crippen LogP contribution in [-0.4, -0.2) is 0 Å². The highest BCUT2D eigenvalue weighted by Gasteiger charge is 2.14. The molecular formula is C12H18. The molecule has 0 aromatic rings. The molecule has 1 aliphatic rings. The molecule has 0 heterocycles. The highest BCUT2D eigenvalue weighted by molar-refractivity contribution is 5.39. The fraction of sp³-hybridized carbons (Fsp3) is 0.500. The third-order valence-corrected chi connectivity index (χ3v) is 2.43. The van der Waals surface area contributed by atoms with E-state index in [4.69, 9.17) is 0 Å². The predicted molar refractivity (Wildman–Crippen MR) is 55.1 cm³/mol. The van der Waals surface area contributed by atoms with Crippen molar-refractivity contribution in [3.63, 3.8) is 0 Å². The monoisotopic (exact) mass is 162 g/mol. The van der Waals surface area contributed by atoms with Crippen molar-refractivity contribution in [3.8, 4) is 0 Å². The molecule has 0 saturated heterocycles. The van der Waals surface area contributed by atoms with Crippen molar-refractivity contribution in [1.29, 1.82) is 0 Å². The smallest absolute Gasteiger partial charge is 0.0216 e. The quantitative estimate of drug-likeness (QED) is 0.541. The minimum absolute atomic E-state index is 0.800. The first-order valence-corrected chi connectivity index (χ1v) is 4.65. The van der Waals surface area contributed by atoms with Gasteiger partial charge in [-0.25, -0.2) is 0 Å². The van der Waals surface area contributed by atoms with E-state index >= 15 is 0 Å². The molecule has 0 aromatic heterocycles. The Bertz CT molecular complexity index is 251. The maximum atomic E-state index is 2.36. The zero-order valence-electron chi connectivity index (χ0n) is 8.52. The Morgan fingerprint density at radius 3 is 2.50 bits per heavy atom. The van der Waals surface area contributed by atoms with Crippen LogP contribution in [0.15, 0.2) is 34.9 Å². The summed E-state index contributed by atoms with van der Waals surface area (Å²) >= 11 is 0. The van der Waals surface area contributed by atoms with Gasteiger partial charge in [0, 0.05) is 0 Å². The van der Waals surface area contributed by atoms with Crippen LogP contribution in [0.2, 0.25) is 0 Å². The van der Waals surface area contributed by atoms with Crippen LogP contribution in [0.3, 0.4) is 0 Å². The molecule has 0 amide bonds. The molecule has 0 aliphatic heterocycles. The Morgan fingerprint density at radius 2 is 2.08 bits per heavy atom. The van der Waals surface area contributed by atoms with Gasteiger partial charge in [0.25, 0.3) is 0 Å². The molecule has 1 unspecified atom stereocenters. The van der Waals surface area contributed by atoms with Gasteiger partial charge in [0.15, 0.2) is 0 Å². The predicted octanol–water partition coefficient (Wildman–Crippen LogP) is 3.87. The number of rotatable bonds is 2. The summed E-state index contributed by atoms with van der Waals surface area (Å²) in [6, 6.07) is 0. The molecule has 12 heavy (non-hydrogen) atoms. The van der Waals surface area contributed by atoms with Gasteiger partial charge in [-0.1, -0.05) is 30.7 Å². The van der Waals surface area contributed by atoms with Crippen LogP contribution in [-0.2, 0) is 0 Å². The lowest BCUT2D eigenvalue weighted by molar-refractivity contribution is 0.645. The van der Waals surface area contributed by atoms with E-state index in [0.717, 1.165) is 5.92 Å². The van der Waals surface area contributed by atoms with Crippen LogP contribution in [0.4, 0.5) is 0 Å². The SMILES string of the molecule is C/C=C(C)\C=C(/C)C1=CC(C)C1. The Morgan fingerprint density at radius 1 is 1.50 bits per heavy atom. The van der Waals surface area contributed by atoms with Gasteiger partial charge < -0.3 is 0 Å². The second-order valence-corrected chi connectivity index (χ2v) is 3.73. The summed E-state index contributed by atoms with van der Waals surface area (Å²) in [6.07, 6.45) is 8.03. The maximum Gasteiger partial charge on any atom is -0.0216 e. The average molecular weight is 162 g/mol. The van der Waals surface area contributed by atoms with Crippen molar-refractivity contribution in [1.82, 2.24) is 0 Å². The highest BCUT2D eigenvalue weighted by atomic mass is 14.2. The second-order valence-electron chi connectivity index (χ2n) is 3.73. The molecule has 0 fully saturated rings. The average Bonchev–Trinajstić information content (AvgIpc) is 1.98. The third-order valence-electron chi connectivity index (χ3n) is 2.43. The lowest BCUT2D eigenvalue weighted by Gasteiger charge is -2.22. The first kappa shape index (κ1) is 9.31. The van der Waals surface area contributed by atoms with Gasteiger partial charge in [-0.05, 0) is 44.3 Å². The maximum absolute atomic E-state index is 2.36. The molecule has 0 spiro atoms. The third kappa shape index (κ3) is 2.10. The summed E-state index contributed by atoms with van der Waals surface area (Å²) in [5.74, 6) is 0.800. The molecule has 0 radical (unpaired) electrons. The first-order chi connectivity index (χ1) is 5.63. The molecule has 0 bridgehead atoms. The highest BCUT2D eigenvalue weighted by Crippen LogP contribution is 2.30. The van der Waals surface area contributed by atoms with Crippen molar-refractivity contribution in [2.45, 2.75) is 34.1 Å².